The summed E-state index contributed by atoms with van der Waals surface area (Å²) in [6, 6.07) is 10.1. The van der Waals surface area contributed by atoms with Crippen LogP contribution in [0.25, 0.3) is 6.08 Å². The molecule has 0 fully saturated rings. The topological polar surface area (TPSA) is 0 Å². The SMILES string of the molecule is C=C/C(=C/CCCC)CCCC.C=C/C=C/c1ccccc1. The molecule has 0 unspecified atom stereocenters. The molecule has 0 nitrogen and oxygen atoms in total. The summed E-state index contributed by atoms with van der Waals surface area (Å²) in [7, 11) is 0. The molecule has 0 saturated heterocycles. The first-order valence-corrected chi connectivity index (χ1v) is 8.44. The van der Waals surface area contributed by atoms with E-state index in [2.05, 4.69) is 45.2 Å². The van der Waals surface area contributed by atoms with Gasteiger partial charge in [-0.05, 0) is 24.8 Å². The highest BCUT2D eigenvalue weighted by Gasteiger charge is 1.90. The van der Waals surface area contributed by atoms with E-state index in [1.165, 1.54) is 49.7 Å². The van der Waals surface area contributed by atoms with Crippen molar-refractivity contribution in [2.75, 3.05) is 0 Å². The fraction of sp³-hybridized carbons (Fsp3) is 0.364. The van der Waals surface area contributed by atoms with Crippen molar-refractivity contribution < 1.29 is 0 Å². The van der Waals surface area contributed by atoms with Gasteiger partial charge in [0.05, 0.1) is 0 Å². The van der Waals surface area contributed by atoms with E-state index in [1.54, 1.807) is 6.08 Å². The van der Waals surface area contributed by atoms with Crippen LogP contribution in [0.2, 0.25) is 0 Å². The minimum atomic E-state index is 1.21. The molecule has 120 valence electrons. The van der Waals surface area contributed by atoms with Gasteiger partial charge in [-0.15, -0.1) is 0 Å². The lowest BCUT2D eigenvalue weighted by Crippen LogP contribution is -1.79. The van der Waals surface area contributed by atoms with Crippen LogP contribution in [0.1, 0.15) is 57.9 Å². The first-order valence-electron chi connectivity index (χ1n) is 8.44. The Kier molecular flexibility index (Phi) is 14.3. The molecule has 1 rings (SSSR count). The molecule has 0 N–H and O–H groups in total. The smallest absolute Gasteiger partial charge is 0.0257 e. The van der Waals surface area contributed by atoms with E-state index >= 15 is 0 Å². The molecule has 0 aliphatic rings. The van der Waals surface area contributed by atoms with Crippen molar-refractivity contribution in [3.8, 4) is 0 Å². The Balaban J connectivity index is 0.000000406. The molecule has 0 radical (unpaired) electrons. The third-order valence-electron chi connectivity index (χ3n) is 3.27. The number of hydrogen-bond donors (Lipinski definition) is 0. The highest BCUT2D eigenvalue weighted by molar-refractivity contribution is 5.50. The maximum atomic E-state index is 3.82. The lowest BCUT2D eigenvalue weighted by Gasteiger charge is -1.99. The highest BCUT2D eigenvalue weighted by atomic mass is 14.0. The number of benzene rings is 1. The van der Waals surface area contributed by atoms with E-state index < -0.39 is 0 Å². The van der Waals surface area contributed by atoms with Crippen molar-refractivity contribution >= 4 is 6.08 Å². The summed E-state index contributed by atoms with van der Waals surface area (Å²) in [5, 5.41) is 0. The van der Waals surface area contributed by atoms with Crippen LogP contribution >= 0.6 is 0 Å². The van der Waals surface area contributed by atoms with E-state index in [1.807, 2.05) is 36.4 Å². The van der Waals surface area contributed by atoms with Gasteiger partial charge in [-0.3, -0.25) is 0 Å². The second-order valence-electron chi connectivity index (χ2n) is 5.23. The maximum Gasteiger partial charge on any atom is -0.0257 e. The molecule has 0 aromatic heterocycles. The minimum absolute atomic E-state index is 1.21. The Labute approximate surface area is 138 Å². The average molecular weight is 296 g/mol. The highest BCUT2D eigenvalue weighted by Crippen LogP contribution is 2.10. The molecule has 0 bridgehead atoms. The van der Waals surface area contributed by atoms with E-state index in [9.17, 15) is 0 Å². The van der Waals surface area contributed by atoms with Crippen LogP contribution in [-0.2, 0) is 0 Å². The Bertz CT molecular complexity index is 434. The Morgan fingerprint density at radius 3 is 2.23 bits per heavy atom. The molecular formula is C22H32. The second kappa shape index (κ2) is 15.6. The van der Waals surface area contributed by atoms with Gasteiger partial charge in [0.25, 0.3) is 0 Å². The van der Waals surface area contributed by atoms with Gasteiger partial charge in [0.1, 0.15) is 0 Å². The van der Waals surface area contributed by atoms with Gasteiger partial charge in [0.2, 0.25) is 0 Å². The first kappa shape index (κ1) is 20.2. The van der Waals surface area contributed by atoms with Crippen LogP contribution in [-0.4, -0.2) is 0 Å². The Hall–Kier alpha value is -1.82. The predicted octanol–water partition coefficient (Wildman–Crippen LogP) is 7.37. The molecule has 0 aliphatic heterocycles. The molecule has 0 atom stereocenters. The largest absolute Gasteiger partial charge is 0.0991 e. The summed E-state index contributed by atoms with van der Waals surface area (Å²) in [6.45, 7) is 11.9. The van der Waals surface area contributed by atoms with Crippen molar-refractivity contribution in [3.05, 3.63) is 78.9 Å². The van der Waals surface area contributed by atoms with Crippen molar-refractivity contribution in [3.63, 3.8) is 0 Å². The lowest BCUT2D eigenvalue weighted by molar-refractivity contribution is 0.778. The zero-order chi connectivity index (χ0) is 16.5. The van der Waals surface area contributed by atoms with Crippen LogP contribution in [0.15, 0.2) is 73.4 Å². The number of unbranched alkanes of at least 4 members (excludes halogenated alkanes) is 3. The summed E-state index contributed by atoms with van der Waals surface area (Å²) < 4.78 is 0. The van der Waals surface area contributed by atoms with E-state index in [-0.39, 0.29) is 0 Å². The quantitative estimate of drug-likeness (QED) is 0.330. The Morgan fingerprint density at radius 1 is 1.00 bits per heavy atom. The molecular weight excluding hydrogens is 264 g/mol. The van der Waals surface area contributed by atoms with Crippen molar-refractivity contribution in [2.45, 2.75) is 52.4 Å². The normalized spacial score (nSPS) is 10.9. The van der Waals surface area contributed by atoms with Crippen molar-refractivity contribution in [1.82, 2.24) is 0 Å². The van der Waals surface area contributed by atoms with E-state index in [0.29, 0.717) is 0 Å². The molecule has 1 aromatic rings. The van der Waals surface area contributed by atoms with E-state index in [0.717, 1.165) is 0 Å². The summed E-state index contributed by atoms with van der Waals surface area (Å²) in [5.74, 6) is 0. The molecule has 0 aliphatic carbocycles. The second-order valence-corrected chi connectivity index (χ2v) is 5.23. The summed E-state index contributed by atoms with van der Waals surface area (Å²) in [5.41, 5.74) is 2.65. The van der Waals surface area contributed by atoms with Gasteiger partial charge in [-0.25, -0.2) is 0 Å². The molecule has 22 heavy (non-hydrogen) atoms. The van der Waals surface area contributed by atoms with E-state index in [4.69, 9.17) is 0 Å². The average Bonchev–Trinajstić information content (AvgIpc) is 2.57. The number of hydrogen-bond acceptors (Lipinski definition) is 0. The minimum Gasteiger partial charge on any atom is -0.0991 e. The summed E-state index contributed by atoms with van der Waals surface area (Å²) in [6.07, 6.45) is 17.7. The molecule has 0 heterocycles. The standard InChI is InChI=1S/C12H22.C10H10/c1-4-7-9-11-12(6-3)10-8-5-2;1-2-3-7-10-8-5-4-6-9-10/h6,11H,3-5,7-10H2,1-2H3;2-9H,1H2/b12-11-;7-3+. The van der Waals surface area contributed by atoms with Crippen LogP contribution < -0.4 is 0 Å². The Morgan fingerprint density at radius 2 is 1.68 bits per heavy atom. The van der Waals surface area contributed by atoms with Crippen molar-refractivity contribution in [1.29, 1.82) is 0 Å². The summed E-state index contributed by atoms with van der Waals surface area (Å²) in [4.78, 5) is 0. The van der Waals surface area contributed by atoms with Crippen LogP contribution in [0, 0.1) is 0 Å². The third kappa shape index (κ3) is 12.0. The fourth-order valence-corrected chi connectivity index (χ4v) is 1.90. The van der Waals surface area contributed by atoms with Crippen LogP contribution in [0.5, 0.6) is 0 Å². The van der Waals surface area contributed by atoms with Crippen LogP contribution in [0.4, 0.5) is 0 Å². The lowest BCUT2D eigenvalue weighted by atomic mass is 10.1. The van der Waals surface area contributed by atoms with Gasteiger partial charge in [0, 0.05) is 0 Å². The molecule has 0 saturated carbocycles. The number of allylic oxidation sites excluding steroid dienone is 5. The van der Waals surface area contributed by atoms with Gasteiger partial charge in [-0.2, -0.15) is 0 Å². The van der Waals surface area contributed by atoms with Crippen molar-refractivity contribution in [2.24, 2.45) is 0 Å². The van der Waals surface area contributed by atoms with Gasteiger partial charge in [-0.1, -0.05) is 113 Å². The molecule has 1 aromatic carbocycles. The molecule has 0 spiro atoms. The van der Waals surface area contributed by atoms with Gasteiger partial charge in [0.15, 0.2) is 0 Å². The van der Waals surface area contributed by atoms with Crippen LogP contribution in [0.3, 0.4) is 0 Å². The molecule has 0 heteroatoms. The zero-order valence-corrected chi connectivity index (χ0v) is 14.4. The van der Waals surface area contributed by atoms with Gasteiger partial charge >= 0.3 is 0 Å². The fourth-order valence-electron chi connectivity index (χ4n) is 1.90. The zero-order valence-electron chi connectivity index (χ0n) is 14.4. The molecule has 0 amide bonds. The monoisotopic (exact) mass is 296 g/mol. The summed E-state index contributed by atoms with van der Waals surface area (Å²) >= 11 is 0. The first-order chi connectivity index (χ1) is 10.8. The van der Waals surface area contributed by atoms with Gasteiger partial charge < -0.3 is 0 Å². The number of rotatable bonds is 9. The third-order valence-corrected chi connectivity index (χ3v) is 3.27. The maximum absolute atomic E-state index is 3.82. The predicted molar refractivity (Wildman–Crippen MR) is 103 cm³/mol.